The molecule has 5 nitrogen and oxygen atoms in total. The summed E-state index contributed by atoms with van der Waals surface area (Å²) in [5.74, 6) is -0.272. The Hall–Kier alpha value is -2.11. The molecule has 1 aromatic heterocycles. The van der Waals surface area contributed by atoms with E-state index in [1.165, 1.54) is 12.3 Å². The first kappa shape index (κ1) is 15.8. The van der Waals surface area contributed by atoms with Gasteiger partial charge in [0.25, 0.3) is 5.91 Å². The van der Waals surface area contributed by atoms with E-state index in [1.807, 2.05) is 0 Å². The molecule has 1 aromatic carbocycles. The summed E-state index contributed by atoms with van der Waals surface area (Å²) in [6, 6.07) is 8.16. The summed E-state index contributed by atoms with van der Waals surface area (Å²) >= 11 is 11.9. The van der Waals surface area contributed by atoms with E-state index in [0.717, 1.165) is 12.1 Å². The minimum atomic E-state index is -0.346. The third kappa shape index (κ3) is 3.46. The van der Waals surface area contributed by atoms with Crippen molar-refractivity contribution < 1.29 is 9.59 Å². The maximum Gasteiger partial charge on any atom is 0.255 e. The van der Waals surface area contributed by atoms with E-state index < -0.39 is 0 Å². The molecule has 0 aliphatic carbocycles. The van der Waals surface area contributed by atoms with Crippen LogP contribution >= 0.6 is 23.2 Å². The average Bonchev–Trinajstić information content (AvgIpc) is 2.95. The van der Waals surface area contributed by atoms with Gasteiger partial charge >= 0.3 is 0 Å². The zero-order valence-electron chi connectivity index (χ0n) is 12.1. The van der Waals surface area contributed by atoms with Gasteiger partial charge in [-0.05, 0) is 36.8 Å². The number of nitrogens with zero attached hydrogens (tertiary/aromatic N) is 2. The quantitative estimate of drug-likeness (QED) is 0.858. The molecule has 118 valence electrons. The number of pyridine rings is 1. The highest BCUT2D eigenvalue weighted by Crippen LogP contribution is 2.30. The maximum absolute atomic E-state index is 12.3. The summed E-state index contributed by atoms with van der Waals surface area (Å²) in [4.78, 5) is 29.6. The number of benzene rings is 1. The van der Waals surface area contributed by atoms with E-state index >= 15 is 0 Å². The standard InChI is InChI=1S/C16H13Cl2N3O2/c17-12-4-3-11(21-7-1-2-15(21)22)9-13(12)20-16(23)10-5-6-19-14(18)8-10/h3-6,8-9H,1-2,7H2,(H,20,23). The molecule has 2 amide bonds. The molecular formula is C16H13Cl2N3O2. The minimum Gasteiger partial charge on any atom is -0.321 e. The van der Waals surface area contributed by atoms with Crippen molar-refractivity contribution >= 4 is 46.4 Å². The first-order chi connectivity index (χ1) is 11.0. The Balaban J connectivity index is 1.84. The Kier molecular flexibility index (Phi) is 4.50. The van der Waals surface area contributed by atoms with Crippen molar-refractivity contribution in [3.05, 3.63) is 52.3 Å². The van der Waals surface area contributed by atoms with Crippen LogP contribution in [0.3, 0.4) is 0 Å². The third-order valence-corrected chi connectivity index (χ3v) is 4.11. The summed E-state index contributed by atoms with van der Waals surface area (Å²) in [5.41, 5.74) is 1.55. The molecule has 0 bridgehead atoms. The lowest BCUT2D eigenvalue weighted by atomic mass is 10.2. The fourth-order valence-corrected chi connectivity index (χ4v) is 2.77. The molecule has 1 saturated heterocycles. The molecule has 1 aliphatic heterocycles. The Morgan fingerprint density at radius 3 is 2.74 bits per heavy atom. The van der Waals surface area contributed by atoms with Gasteiger partial charge in [-0.15, -0.1) is 0 Å². The second-order valence-corrected chi connectivity index (χ2v) is 5.93. The molecule has 7 heteroatoms. The van der Waals surface area contributed by atoms with Crippen LogP contribution in [-0.2, 0) is 4.79 Å². The average molecular weight is 350 g/mol. The highest BCUT2D eigenvalue weighted by Gasteiger charge is 2.22. The maximum atomic E-state index is 12.3. The second kappa shape index (κ2) is 6.56. The van der Waals surface area contributed by atoms with Gasteiger partial charge in [-0.3, -0.25) is 9.59 Å². The van der Waals surface area contributed by atoms with E-state index in [-0.39, 0.29) is 17.0 Å². The van der Waals surface area contributed by atoms with Crippen LogP contribution in [0, 0.1) is 0 Å². The van der Waals surface area contributed by atoms with Crippen LogP contribution in [0.5, 0.6) is 0 Å². The first-order valence-electron chi connectivity index (χ1n) is 7.07. The van der Waals surface area contributed by atoms with Crippen molar-refractivity contribution in [2.75, 3.05) is 16.8 Å². The molecule has 1 aliphatic rings. The number of rotatable bonds is 3. The molecule has 1 N–H and O–H groups in total. The number of hydrogen-bond donors (Lipinski definition) is 1. The predicted molar refractivity (Wildman–Crippen MR) is 90.2 cm³/mol. The van der Waals surface area contributed by atoms with Gasteiger partial charge in [-0.1, -0.05) is 23.2 Å². The fraction of sp³-hybridized carbons (Fsp3) is 0.188. The molecule has 23 heavy (non-hydrogen) atoms. The van der Waals surface area contributed by atoms with Gasteiger partial charge in [0.1, 0.15) is 5.15 Å². The molecule has 0 spiro atoms. The molecule has 2 heterocycles. The molecule has 0 saturated carbocycles. The monoisotopic (exact) mass is 349 g/mol. The zero-order valence-corrected chi connectivity index (χ0v) is 13.6. The summed E-state index contributed by atoms with van der Waals surface area (Å²) in [6.07, 6.45) is 2.83. The Bertz CT molecular complexity index is 780. The molecule has 2 aromatic rings. The van der Waals surface area contributed by atoms with Gasteiger partial charge < -0.3 is 10.2 Å². The number of carbonyl (C=O) groups excluding carboxylic acids is 2. The molecule has 0 radical (unpaired) electrons. The number of nitrogens with one attached hydrogen (secondary N) is 1. The number of anilines is 2. The van der Waals surface area contributed by atoms with Crippen LogP contribution in [0.4, 0.5) is 11.4 Å². The largest absolute Gasteiger partial charge is 0.321 e. The van der Waals surface area contributed by atoms with Crippen molar-refractivity contribution in [2.24, 2.45) is 0 Å². The Labute approximate surface area is 143 Å². The Morgan fingerprint density at radius 2 is 2.04 bits per heavy atom. The van der Waals surface area contributed by atoms with Crippen LogP contribution < -0.4 is 10.2 Å². The number of halogens is 2. The zero-order chi connectivity index (χ0) is 16.4. The fourth-order valence-electron chi connectivity index (χ4n) is 2.44. The lowest BCUT2D eigenvalue weighted by Gasteiger charge is -2.17. The van der Waals surface area contributed by atoms with Gasteiger partial charge in [0.15, 0.2) is 0 Å². The van der Waals surface area contributed by atoms with Crippen LogP contribution in [0.2, 0.25) is 10.2 Å². The summed E-state index contributed by atoms with van der Waals surface area (Å²) in [5, 5.41) is 3.37. The number of amides is 2. The van der Waals surface area contributed by atoms with Crippen molar-refractivity contribution in [3.8, 4) is 0 Å². The van der Waals surface area contributed by atoms with Crippen LogP contribution in [0.15, 0.2) is 36.5 Å². The van der Waals surface area contributed by atoms with Gasteiger partial charge in [0, 0.05) is 30.4 Å². The van der Waals surface area contributed by atoms with Gasteiger partial charge in [-0.25, -0.2) is 4.98 Å². The number of carbonyl (C=O) groups is 2. The lowest BCUT2D eigenvalue weighted by Crippen LogP contribution is -2.23. The van der Waals surface area contributed by atoms with E-state index in [9.17, 15) is 9.59 Å². The SMILES string of the molecule is O=C(Nc1cc(N2CCCC2=O)ccc1Cl)c1ccnc(Cl)c1. The van der Waals surface area contributed by atoms with Gasteiger partial charge in [-0.2, -0.15) is 0 Å². The second-order valence-electron chi connectivity index (χ2n) is 5.13. The normalized spacial score (nSPS) is 14.2. The molecular weight excluding hydrogens is 337 g/mol. The van der Waals surface area contributed by atoms with Gasteiger partial charge in [0.2, 0.25) is 5.91 Å². The smallest absolute Gasteiger partial charge is 0.255 e. The van der Waals surface area contributed by atoms with E-state index in [2.05, 4.69) is 10.3 Å². The predicted octanol–water partition coefficient (Wildman–Crippen LogP) is 3.77. The molecule has 3 rings (SSSR count). The van der Waals surface area contributed by atoms with Crippen LogP contribution in [0.25, 0.3) is 0 Å². The third-order valence-electron chi connectivity index (χ3n) is 3.57. The van der Waals surface area contributed by atoms with Crippen LogP contribution in [-0.4, -0.2) is 23.3 Å². The summed E-state index contributed by atoms with van der Waals surface area (Å²) in [6.45, 7) is 0.674. The molecule has 1 fully saturated rings. The van der Waals surface area contributed by atoms with Crippen molar-refractivity contribution in [3.63, 3.8) is 0 Å². The van der Waals surface area contributed by atoms with Gasteiger partial charge in [0.05, 0.1) is 10.7 Å². The van der Waals surface area contributed by atoms with Crippen molar-refractivity contribution in [1.82, 2.24) is 4.98 Å². The topological polar surface area (TPSA) is 62.3 Å². The number of hydrogen-bond acceptors (Lipinski definition) is 3. The summed E-state index contributed by atoms with van der Waals surface area (Å²) < 4.78 is 0. The van der Waals surface area contributed by atoms with Crippen molar-refractivity contribution in [1.29, 1.82) is 0 Å². The summed E-state index contributed by atoms with van der Waals surface area (Å²) in [7, 11) is 0. The molecule has 0 atom stereocenters. The Morgan fingerprint density at radius 1 is 1.22 bits per heavy atom. The highest BCUT2D eigenvalue weighted by molar-refractivity contribution is 6.34. The first-order valence-corrected chi connectivity index (χ1v) is 7.83. The van der Waals surface area contributed by atoms with Crippen LogP contribution in [0.1, 0.15) is 23.2 Å². The lowest BCUT2D eigenvalue weighted by molar-refractivity contribution is -0.117. The number of aromatic nitrogens is 1. The van der Waals surface area contributed by atoms with E-state index in [0.29, 0.717) is 29.2 Å². The minimum absolute atomic E-state index is 0.0746. The van der Waals surface area contributed by atoms with E-state index in [4.69, 9.17) is 23.2 Å². The van der Waals surface area contributed by atoms with Crippen molar-refractivity contribution in [2.45, 2.75) is 12.8 Å². The molecule has 0 unspecified atom stereocenters. The van der Waals surface area contributed by atoms with E-state index in [1.54, 1.807) is 29.2 Å². The highest BCUT2D eigenvalue weighted by atomic mass is 35.5.